The average Bonchev–Trinajstić information content (AvgIpc) is 3.27. The molecule has 6 heteroatoms. The monoisotopic (exact) mass is 387 g/mol. The van der Waals surface area contributed by atoms with Crippen LogP contribution in [0.1, 0.15) is 24.4 Å². The lowest BCUT2D eigenvalue weighted by Gasteiger charge is -2.10. The van der Waals surface area contributed by atoms with Crippen LogP contribution in [0.25, 0.3) is 22.7 Å². The molecule has 29 heavy (non-hydrogen) atoms. The summed E-state index contributed by atoms with van der Waals surface area (Å²) in [6.45, 7) is 2.26. The number of hydrogen-bond acceptors (Lipinski definition) is 6. The summed E-state index contributed by atoms with van der Waals surface area (Å²) in [5.41, 5.74) is 3.80. The Hall–Kier alpha value is -3.51. The summed E-state index contributed by atoms with van der Waals surface area (Å²) in [5.74, 6) is 1.66. The molecule has 0 saturated carbocycles. The fourth-order valence-corrected chi connectivity index (χ4v) is 2.85. The summed E-state index contributed by atoms with van der Waals surface area (Å²) >= 11 is 0. The number of rotatable bonds is 7. The Kier molecular flexibility index (Phi) is 5.63. The number of nitrogens with zero attached hydrogens (tertiary/aromatic N) is 3. The quantitative estimate of drug-likeness (QED) is 0.440. The number of methoxy groups -OCH3 is 1. The first-order valence-corrected chi connectivity index (χ1v) is 9.33. The van der Waals surface area contributed by atoms with Crippen LogP contribution in [0.2, 0.25) is 0 Å². The van der Waals surface area contributed by atoms with Crippen molar-refractivity contribution in [2.24, 2.45) is 0 Å². The molecule has 0 fully saturated rings. The second kappa shape index (κ2) is 8.67. The van der Waals surface area contributed by atoms with Crippen LogP contribution in [0.3, 0.4) is 0 Å². The van der Waals surface area contributed by atoms with Crippen LogP contribution in [-0.2, 0) is 11.3 Å². The van der Waals surface area contributed by atoms with Gasteiger partial charge in [-0.15, -0.1) is 0 Å². The number of ether oxygens (including phenoxy) is 2. The van der Waals surface area contributed by atoms with Gasteiger partial charge in [-0.1, -0.05) is 47.6 Å². The standard InChI is InChI=1S/C23H21N3O3/c1-16(27-2)17-8-10-18(11-9-17)21-13-12-19(14-24-21)23-25-22(26-29-23)15-28-20-6-4-3-5-7-20/h3-14,16H,15H2,1-2H3/t16-/m0/s1. The van der Waals surface area contributed by atoms with Gasteiger partial charge < -0.3 is 14.0 Å². The minimum atomic E-state index is 0.0666. The lowest BCUT2D eigenvalue weighted by Crippen LogP contribution is -1.97. The summed E-state index contributed by atoms with van der Waals surface area (Å²) in [4.78, 5) is 8.91. The minimum absolute atomic E-state index is 0.0666. The number of hydrogen-bond donors (Lipinski definition) is 0. The zero-order valence-corrected chi connectivity index (χ0v) is 16.3. The van der Waals surface area contributed by atoms with Crippen molar-refractivity contribution < 1.29 is 14.0 Å². The molecule has 2 heterocycles. The van der Waals surface area contributed by atoms with Crippen LogP contribution in [-0.4, -0.2) is 22.2 Å². The Labute approximate surface area is 169 Å². The number of para-hydroxylation sites is 1. The Morgan fingerprint density at radius 3 is 2.38 bits per heavy atom. The molecule has 0 aliphatic carbocycles. The third-order valence-corrected chi connectivity index (χ3v) is 4.62. The molecular formula is C23H21N3O3. The Morgan fingerprint density at radius 1 is 0.931 bits per heavy atom. The first-order chi connectivity index (χ1) is 14.2. The smallest absolute Gasteiger partial charge is 0.259 e. The molecule has 4 rings (SSSR count). The minimum Gasteiger partial charge on any atom is -0.485 e. The number of benzene rings is 2. The highest BCUT2D eigenvalue weighted by molar-refractivity contribution is 5.62. The van der Waals surface area contributed by atoms with E-state index in [1.807, 2.05) is 61.5 Å². The van der Waals surface area contributed by atoms with E-state index in [-0.39, 0.29) is 12.7 Å². The lowest BCUT2D eigenvalue weighted by atomic mass is 10.1. The van der Waals surface area contributed by atoms with Crippen molar-refractivity contribution in [2.75, 3.05) is 7.11 Å². The van der Waals surface area contributed by atoms with Crippen LogP contribution in [0, 0.1) is 0 Å². The highest BCUT2D eigenvalue weighted by atomic mass is 16.5. The summed E-state index contributed by atoms with van der Waals surface area (Å²) in [6, 6.07) is 21.6. The molecule has 0 radical (unpaired) electrons. The Balaban J connectivity index is 1.43. The second-order valence-electron chi connectivity index (χ2n) is 6.55. The lowest BCUT2D eigenvalue weighted by molar-refractivity contribution is 0.119. The summed E-state index contributed by atoms with van der Waals surface area (Å²) in [5, 5.41) is 3.97. The molecule has 146 valence electrons. The van der Waals surface area contributed by atoms with E-state index >= 15 is 0 Å². The van der Waals surface area contributed by atoms with Crippen LogP contribution >= 0.6 is 0 Å². The van der Waals surface area contributed by atoms with Crippen molar-refractivity contribution in [1.29, 1.82) is 0 Å². The first kappa shape index (κ1) is 18.8. The van der Waals surface area contributed by atoms with E-state index in [4.69, 9.17) is 14.0 Å². The number of pyridine rings is 1. The van der Waals surface area contributed by atoms with Crippen molar-refractivity contribution in [2.45, 2.75) is 19.6 Å². The van der Waals surface area contributed by atoms with Gasteiger partial charge in [0.05, 0.1) is 17.4 Å². The molecule has 0 aliphatic heterocycles. The van der Waals surface area contributed by atoms with E-state index in [9.17, 15) is 0 Å². The van der Waals surface area contributed by atoms with Gasteiger partial charge >= 0.3 is 0 Å². The molecule has 4 aromatic rings. The second-order valence-corrected chi connectivity index (χ2v) is 6.55. The molecule has 0 bridgehead atoms. The van der Waals surface area contributed by atoms with E-state index in [0.29, 0.717) is 11.7 Å². The highest BCUT2D eigenvalue weighted by Gasteiger charge is 2.11. The van der Waals surface area contributed by atoms with Gasteiger partial charge in [0.15, 0.2) is 6.61 Å². The predicted octanol–water partition coefficient (Wildman–Crippen LogP) is 5.09. The predicted molar refractivity (Wildman–Crippen MR) is 109 cm³/mol. The van der Waals surface area contributed by atoms with Gasteiger partial charge in [-0.05, 0) is 36.8 Å². The number of aromatic nitrogens is 3. The van der Waals surface area contributed by atoms with E-state index in [1.165, 1.54) is 0 Å². The maximum atomic E-state index is 5.64. The molecule has 0 unspecified atom stereocenters. The Bertz CT molecular complexity index is 1040. The maximum Gasteiger partial charge on any atom is 0.259 e. The highest BCUT2D eigenvalue weighted by Crippen LogP contribution is 2.24. The molecule has 0 N–H and O–H groups in total. The third kappa shape index (κ3) is 4.50. The molecule has 0 amide bonds. The van der Waals surface area contributed by atoms with Gasteiger partial charge in [0.2, 0.25) is 5.82 Å². The van der Waals surface area contributed by atoms with Crippen LogP contribution in [0.15, 0.2) is 77.4 Å². The molecule has 2 aromatic carbocycles. The molecule has 0 spiro atoms. The molecular weight excluding hydrogens is 366 g/mol. The molecule has 1 atom stereocenters. The van der Waals surface area contributed by atoms with E-state index in [0.717, 1.165) is 28.1 Å². The molecule has 2 aromatic heterocycles. The normalized spacial score (nSPS) is 11.9. The largest absolute Gasteiger partial charge is 0.485 e. The third-order valence-electron chi connectivity index (χ3n) is 4.62. The van der Waals surface area contributed by atoms with Gasteiger partial charge in [-0.3, -0.25) is 4.98 Å². The molecule has 0 aliphatic rings. The van der Waals surface area contributed by atoms with Crippen molar-refractivity contribution in [3.8, 4) is 28.5 Å². The Morgan fingerprint density at radius 2 is 1.69 bits per heavy atom. The van der Waals surface area contributed by atoms with E-state index in [2.05, 4.69) is 27.3 Å². The van der Waals surface area contributed by atoms with Crippen LogP contribution < -0.4 is 4.74 Å². The van der Waals surface area contributed by atoms with E-state index < -0.39 is 0 Å². The van der Waals surface area contributed by atoms with Crippen molar-refractivity contribution >= 4 is 0 Å². The summed E-state index contributed by atoms with van der Waals surface area (Å²) in [6.07, 6.45) is 1.80. The average molecular weight is 387 g/mol. The zero-order chi connectivity index (χ0) is 20.1. The van der Waals surface area contributed by atoms with Gasteiger partial charge in [0.1, 0.15) is 5.75 Å². The fourth-order valence-electron chi connectivity index (χ4n) is 2.85. The van der Waals surface area contributed by atoms with E-state index in [1.54, 1.807) is 13.3 Å². The van der Waals surface area contributed by atoms with Crippen molar-refractivity contribution in [3.05, 3.63) is 84.3 Å². The molecule has 0 saturated heterocycles. The van der Waals surface area contributed by atoms with Gasteiger partial charge in [-0.2, -0.15) is 4.98 Å². The zero-order valence-electron chi connectivity index (χ0n) is 16.3. The maximum absolute atomic E-state index is 5.64. The van der Waals surface area contributed by atoms with Gasteiger partial charge in [0.25, 0.3) is 5.89 Å². The summed E-state index contributed by atoms with van der Waals surface area (Å²) < 4.78 is 16.3. The van der Waals surface area contributed by atoms with Gasteiger partial charge in [-0.25, -0.2) is 0 Å². The van der Waals surface area contributed by atoms with Crippen LogP contribution in [0.4, 0.5) is 0 Å². The fraction of sp³-hybridized carbons (Fsp3) is 0.174. The van der Waals surface area contributed by atoms with Crippen molar-refractivity contribution in [1.82, 2.24) is 15.1 Å². The SMILES string of the molecule is CO[C@@H](C)c1ccc(-c2ccc(-c3nc(COc4ccccc4)no3)cn2)cc1. The summed E-state index contributed by atoms with van der Waals surface area (Å²) in [7, 11) is 1.70. The van der Waals surface area contributed by atoms with Crippen molar-refractivity contribution in [3.63, 3.8) is 0 Å². The first-order valence-electron chi connectivity index (χ1n) is 9.33. The molecule has 6 nitrogen and oxygen atoms in total. The van der Waals surface area contributed by atoms with Gasteiger partial charge in [0, 0.05) is 18.9 Å². The topological polar surface area (TPSA) is 70.3 Å². The van der Waals surface area contributed by atoms with Crippen LogP contribution in [0.5, 0.6) is 5.75 Å².